The highest BCUT2D eigenvalue weighted by Crippen LogP contribution is 2.32. The number of urea groups is 1. The van der Waals surface area contributed by atoms with Crippen molar-refractivity contribution in [3.05, 3.63) is 18.0 Å². The van der Waals surface area contributed by atoms with E-state index in [0.29, 0.717) is 6.54 Å². The van der Waals surface area contributed by atoms with Crippen LogP contribution in [0.15, 0.2) is 12.4 Å². The Morgan fingerprint density at radius 2 is 2.33 bits per heavy atom. The average molecular weight is 252 g/mol. The van der Waals surface area contributed by atoms with Crippen LogP contribution in [0.4, 0.5) is 4.79 Å². The van der Waals surface area contributed by atoms with Crippen molar-refractivity contribution in [2.45, 2.75) is 25.4 Å². The van der Waals surface area contributed by atoms with Gasteiger partial charge in [-0.2, -0.15) is 5.10 Å². The molecule has 1 aromatic rings. The third-order valence-corrected chi connectivity index (χ3v) is 2.86. The van der Waals surface area contributed by atoms with Gasteiger partial charge in [0.05, 0.1) is 6.20 Å². The molecular weight excluding hydrogens is 236 g/mol. The number of rotatable bonds is 5. The van der Waals surface area contributed by atoms with Gasteiger partial charge in [-0.05, 0) is 18.8 Å². The van der Waals surface area contributed by atoms with Crippen molar-refractivity contribution < 1.29 is 14.7 Å². The normalized spacial score (nSPS) is 16.1. The minimum absolute atomic E-state index is 0.0756. The molecular formula is C11H16N4O3. The van der Waals surface area contributed by atoms with Crippen molar-refractivity contribution in [3.8, 4) is 0 Å². The predicted octanol–water partition coefficient (Wildman–Crippen LogP) is 0.0825. The maximum absolute atomic E-state index is 11.6. The lowest BCUT2D eigenvalue weighted by Crippen LogP contribution is -2.46. The average Bonchev–Trinajstić information content (AvgIpc) is 3.06. The summed E-state index contributed by atoms with van der Waals surface area (Å²) >= 11 is 0. The van der Waals surface area contributed by atoms with Crippen LogP contribution in [0.25, 0.3) is 0 Å². The Labute approximate surface area is 104 Å². The highest BCUT2D eigenvalue weighted by atomic mass is 16.4. The number of carboxylic acid groups (broad SMARTS) is 1. The zero-order valence-corrected chi connectivity index (χ0v) is 10.1. The van der Waals surface area contributed by atoms with Crippen molar-refractivity contribution in [2.75, 3.05) is 0 Å². The molecule has 1 aliphatic carbocycles. The SMILES string of the molecule is Cn1cc(CNC(=O)NC(C(=O)O)C2CC2)cn1. The summed E-state index contributed by atoms with van der Waals surface area (Å²) in [6.07, 6.45) is 5.16. The molecule has 0 spiro atoms. The summed E-state index contributed by atoms with van der Waals surface area (Å²) < 4.78 is 1.64. The van der Waals surface area contributed by atoms with Gasteiger partial charge in [-0.1, -0.05) is 0 Å². The highest BCUT2D eigenvalue weighted by molar-refractivity contribution is 5.83. The molecule has 1 saturated carbocycles. The van der Waals surface area contributed by atoms with Gasteiger partial charge in [-0.15, -0.1) is 0 Å². The zero-order chi connectivity index (χ0) is 13.1. The number of aromatic nitrogens is 2. The Hall–Kier alpha value is -2.05. The van der Waals surface area contributed by atoms with Crippen molar-refractivity contribution in [2.24, 2.45) is 13.0 Å². The molecule has 2 amide bonds. The van der Waals surface area contributed by atoms with Crippen LogP contribution in [0.1, 0.15) is 18.4 Å². The molecule has 0 bridgehead atoms. The van der Waals surface area contributed by atoms with Gasteiger partial charge in [-0.25, -0.2) is 9.59 Å². The molecule has 18 heavy (non-hydrogen) atoms. The van der Waals surface area contributed by atoms with Gasteiger partial charge in [0.15, 0.2) is 0 Å². The fourth-order valence-corrected chi connectivity index (χ4v) is 1.75. The van der Waals surface area contributed by atoms with E-state index >= 15 is 0 Å². The number of carbonyl (C=O) groups excluding carboxylic acids is 1. The fraction of sp³-hybridized carbons (Fsp3) is 0.545. The molecule has 98 valence electrons. The fourth-order valence-electron chi connectivity index (χ4n) is 1.75. The summed E-state index contributed by atoms with van der Waals surface area (Å²) in [5, 5.41) is 18.0. The van der Waals surface area contributed by atoms with Crippen LogP contribution in [0.3, 0.4) is 0 Å². The van der Waals surface area contributed by atoms with E-state index in [9.17, 15) is 9.59 Å². The van der Waals surface area contributed by atoms with Gasteiger partial charge in [0.1, 0.15) is 6.04 Å². The van der Waals surface area contributed by atoms with E-state index < -0.39 is 18.0 Å². The number of aryl methyl sites for hydroxylation is 1. The second-order valence-electron chi connectivity index (χ2n) is 4.50. The second-order valence-corrected chi connectivity index (χ2v) is 4.50. The van der Waals surface area contributed by atoms with Gasteiger partial charge in [0.25, 0.3) is 0 Å². The van der Waals surface area contributed by atoms with Crippen LogP contribution in [0.5, 0.6) is 0 Å². The maximum Gasteiger partial charge on any atom is 0.326 e. The summed E-state index contributed by atoms with van der Waals surface area (Å²) in [5.41, 5.74) is 0.867. The minimum atomic E-state index is -0.978. The van der Waals surface area contributed by atoms with E-state index in [-0.39, 0.29) is 5.92 Å². The largest absolute Gasteiger partial charge is 0.480 e. The molecule has 0 radical (unpaired) electrons. The Balaban J connectivity index is 1.79. The second kappa shape index (κ2) is 5.07. The molecule has 0 aliphatic heterocycles. The van der Waals surface area contributed by atoms with Crippen LogP contribution in [0.2, 0.25) is 0 Å². The summed E-state index contributed by atoms with van der Waals surface area (Å²) in [6.45, 7) is 0.330. The molecule has 7 nitrogen and oxygen atoms in total. The van der Waals surface area contributed by atoms with Gasteiger partial charge in [0, 0.05) is 25.4 Å². The van der Waals surface area contributed by atoms with Gasteiger partial charge >= 0.3 is 12.0 Å². The summed E-state index contributed by atoms with van der Waals surface area (Å²) in [5.74, 6) is -0.902. The van der Waals surface area contributed by atoms with E-state index in [1.165, 1.54) is 0 Å². The lowest BCUT2D eigenvalue weighted by atomic mass is 10.2. The number of amides is 2. The van der Waals surface area contributed by atoms with Gasteiger partial charge < -0.3 is 15.7 Å². The molecule has 1 fully saturated rings. The first-order valence-corrected chi connectivity index (χ1v) is 5.81. The molecule has 1 atom stereocenters. The molecule has 3 N–H and O–H groups in total. The maximum atomic E-state index is 11.6. The molecule has 2 rings (SSSR count). The quantitative estimate of drug-likeness (QED) is 0.691. The number of hydrogen-bond donors (Lipinski definition) is 3. The van der Waals surface area contributed by atoms with Crippen molar-refractivity contribution in [1.82, 2.24) is 20.4 Å². The Bertz CT molecular complexity index is 453. The summed E-state index contributed by atoms with van der Waals surface area (Å²) in [4.78, 5) is 22.5. The molecule has 1 aromatic heterocycles. The van der Waals surface area contributed by atoms with Crippen LogP contribution in [-0.2, 0) is 18.4 Å². The van der Waals surface area contributed by atoms with E-state index in [4.69, 9.17) is 5.11 Å². The number of nitrogens with zero attached hydrogens (tertiary/aromatic N) is 2. The molecule has 0 saturated heterocycles. The van der Waals surface area contributed by atoms with Crippen LogP contribution in [0, 0.1) is 5.92 Å². The molecule has 1 aliphatic rings. The first-order valence-electron chi connectivity index (χ1n) is 5.81. The first-order chi connectivity index (χ1) is 8.56. The number of carbonyl (C=O) groups is 2. The smallest absolute Gasteiger partial charge is 0.326 e. The standard InChI is InChI=1S/C11H16N4O3/c1-15-6-7(5-13-15)4-12-11(18)14-9(10(16)17)8-2-3-8/h5-6,8-9H,2-4H2,1H3,(H,16,17)(H2,12,14,18). The van der Waals surface area contributed by atoms with Crippen LogP contribution >= 0.6 is 0 Å². The summed E-state index contributed by atoms with van der Waals surface area (Å²) in [7, 11) is 1.79. The third-order valence-electron chi connectivity index (χ3n) is 2.86. The number of aliphatic carboxylic acids is 1. The Kier molecular flexibility index (Phi) is 3.50. The zero-order valence-electron chi connectivity index (χ0n) is 10.1. The Morgan fingerprint density at radius 3 is 2.83 bits per heavy atom. The van der Waals surface area contributed by atoms with E-state index in [2.05, 4.69) is 15.7 Å². The number of carboxylic acids is 1. The summed E-state index contributed by atoms with van der Waals surface area (Å²) in [6, 6.07) is -1.24. The molecule has 0 aromatic carbocycles. The van der Waals surface area contributed by atoms with Crippen molar-refractivity contribution in [1.29, 1.82) is 0 Å². The van der Waals surface area contributed by atoms with Crippen LogP contribution < -0.4 is 10.6 Å². The third kappa shape index (κ3) is 3.22. The molecule has 7 heteroatoms. The van der Waals surface area contributed by atoms with Gasteiger partial charge in [0.2, 0.25) is 0 Å². The Morgan fingerprint density at radius 1 is 1.61 bits per heavy atom. The lowest BCUT2D eigenvalue weighted by molar-refractivity contribution is -0.139. The monoisotopic (exact) mass is 252 g/mol. The molecule has 1 unspecified atom stereocenters. The highest BCUT2D eigenvalue weighted by Gasteiger charge is 2.37. The van der Waals surface area contributed by atoms with Crippen molar-refractivity contribution in [3.63, 3.8) is 0 Å². The predicted molar refractivity (Wildman–Crippen MR) is 62.7 cm³/mol. The van der Waals surface area contributed by atoms with Crippen molar-refractivity contribution >= 4 is 12.0 Å². The van der Waals surface area contributed by atoms with E-state index in [1.54, 1.807) is 24.1 Å². The topological polar surface area (TPSA) is 96.2 Å². The lowest BCUT2D eigenvalue weighted by Gasteiger charge is -2.13. The van der Waals surface area contributed by atoms with Gasteiger partial charge in [-0.3, -0.25) is 4.68 Å². The van der Waals surface area contributed by atoms with E-state index in [0.717, 1.165) is 18.4 Å². The first kappa shape index (κ1) is 12.4. The van der Waals surface area contributed by atoms with Crippen LogP contribution in [-0.4, -0.2) is 32.9 Å². The molecule has 1 heterocycles. The minimum Gasteiger partial charge on any atom is -0.480 e. The number of hydrogen-bond acceptors (Lipinski definition) is 3. The number of nitrogens with one attached hydrogen (secondary N) is 2. The van der Waals surface area contributed by atoms with E-state index in [1.807, 2.05) is 0 Å².